The maximum absolute atomic E-state index is 12.6. The van der Waals surface area contributed by atoms with E-state index in [1.54, 1.807) is 19.2 Å². The van der Waals surface area contributed by atoms with Crippen LogP contribution in [0.15, 0.2) is 41.8 Å². The Morgan fingerprint density at radius 2 is 1.95 bits per heavy atom. The topological polar surface area (TPSA) is 49.4 Å². The number of carbonyl (C=O) groups is 2. The van der Waals surface area contributed by atoms with Gasteiger partial charge in [0, 0.05) is 25.2 Å². The van der Waals surface area contributed by atoms with Crippen molar-refractivity contribution in [3.05, 3.63) is 57.8 Å². The van der Waals surface area contributed by atoms with Gasteiger partial charge in [0.15, 0.2) is 0 Å². The van der Waals surface area contributed by atoms with Crippen LogP contribution in [0.1, 0.15) is 38.4 Å². The van der Waals surface area contributed by atoms with E-state index < -0.39 is 0 Å². The summed E-state index contributed by atoms with van der Waals surface area (Å²) >= 11 is 1.48. The molecule has 22 heavy (non-hydrogen) atoms. The fourth-order valence-electron chi connectivity index (χ4n) is 2.40. The van der Waals surface area contributed by atoms with E-state index in [2.05, 4.69) is 5.32 Å². The summed E-state index contributed by atoms with van der Waals surface area (Å²) in [6.45, 7) is 0.593. The van der Waals surface area contributed by atoms with Gasteiger partial charge in [-0.15, -0.1) is 11.3 Å². The molecule has 0 spiro atoms. The molecule has 1 saturated carbocycles. The molecule has 0 aliphatic heterocycles. The second-order valence-electron chi connectivity index (χ2n) is 5.42. The molecule has 0 atom stereocenters. The number of rotatable bonds is 5. The number of thiophene rings is 1. The van der Waals surface area contributed by atoms with Crippen LogP contribution < -0.4 is 5.32 Å². The number of carbonyl (C=O) groups excluding carboxylic acids is 2. The van der Waals surface area contributed by atoms with E-state index in [1.165, 1.54) is 11.3 Å². The molecular formula is C17H18N2O2S. The van der Waals surface area contributed by atoms with Crippen LogP contribution in [0.3, 0.4) is 0 Å². The number of nitrogens with one attached hydrogen (secondary N) is 1. The van der Waals surface area contributed by atoms with E-state index in [1.807, 2.05) is 34.5 Å². The third kappa shape index (κ3) is 3.20. The average Bonchev–Trinajstić information content (AvgIpc) is 3.25. The minimum Gasteiger partial charge on any atom is -0.355 e. The molecule has 114 valence electrons. The lowest BCUT2D eigenvalue weighted by Gasteiger charge is -2.22. The molecule has 1 aromatic carbocycles. The van der Waals surface area contributed by atoms with Crippen LogP contribution in [-0.2, 0) is 6.54 Å². The fraction of sp³-hybridized carbons (Fsp3) is 0.294. The summed E-state index contributed by atoms with van der Waals surface area (Å²) in [7, 11) is 1.62. The van der Waals surface area contributed by atoms with Gasteiger partial charge < -0.3 is 10.2 Å². The van der Waals surface area contributed by atoms with Crippen molar-refractivity contribution in [2.75, 3.05) is 7.05 Å². The number of nitrogens with zero attached hydrogens (tertiary/aromatic N) is 1. The Balaban J connectivity index is 1.74. The normalized spacial score (nSPS) is 13.7. The Morgan fingerprint density at radius 1 is 1.23 bits per heavy atom. The molecule has 2 amide bonds. The number of hydrogen-bond acceptors (Lipinski definition) is 3. The van der Waals surface area contributed by atoms with Crippen LogP contribution in [0.2, 0.25) is 0 Å². The third-order valence-electron chi connectivity index (χ3n) is 3.78. The lowest BCUT2D eigenvalue weighted by molar-refractivity contribution is 0.0734. The molecule has 0 saturated heterocycles. The van der Waals surface area contributed by atoms with Gasteiger partial charge in [-0.2, -0.15) is 0 Å². The zero-order chi connectivity index (χ0) is 15.5. The van der Waals surface area contributed by atoms with Crippen molar-refractivity contribution < 1.29 is 9.59 Å². The van der Waals surface area contributed by atoms with E-state index in [-0.39, 0.29) is 11.8 Å². The molecule has 0 unspecified atom stereocenters. The maximum Gasteiger partial charge on any atom is 0.264 e. The summed E-state index contributed by atoms with van der Waals surface area (Å²) in [5.74, 6) is 0.00754. The highest BCUT2D eigenvalue weighted by molar-refractivity contribution is 7.12. The van der Waals surface area contributed by atoms with Crippen molar-refractivity contribution in [3.8, 4) is 0 Å². The standard InChI is InChI=1S/C17H18N2O2S/c1-18-16(20)13-6-4-12(5-7-13)11-19(14-8-9-14)17(21)15-3-2-10-22-15/h2-7,10,14H,8-9,11H2,1H3,(H,18,20). The van der Waals surface area contributed by atoms with Crippen LogP contribution in [0.5, 0.6) is 0 Å². The van der Waals surface area contributed by atoms with E-state index >= 15 is 0 Å². The van der Waals surface area contributed by atoms with Crippen LogP contribution in [0, 0.1) is 0 Å². The van der Waals surface area contributed by atoms with Crippen LogP contribution in [0.4, 0.5) is 0 Å². The third-order valence-corrected chi connectivity index (χ3v) is 4.63. The van der Waals surface area contributed by atoms with Crippen LogP contribution >= 0.6 is 11.3 Å². The SMILES string of the molecule is CNC(=O)c1ccc(CN(C(=O)c2cccs2)C2CC2)cc1. The molecule has 1 heterocycles. The van der Waals surface area contributed by atoms with Gasteiger partial charge in [-0.25, -0.2) is 0 Å². The number of amides is 2. The first-order chi connectivity index (χ1) is 10.7. The quantitative estimate of drug-likeness (QED) is 0.922. The summed E-state index contributed by atoms with van der Waals surface area (Å²) in [6.07, 6.45) is 2.15. The van der Waals surface area contributed by atoms with Gasteiger partial charge >= 0.3 is 0 Å². The Kier molecular flexibility index (Phi) is 4.24. The van der Waals surface area contributed by atoms with Crippen LogP contribution in [-0.4, -0.2) is 29.8 Å². The largest absolute Gasteiger partial charge is 0.355 e. The molecule has 0 radical (unpaired) electrons. The Labute approximate surface area is 133 Å². The molecule has 1 fully saturated rings. The first-order valence-electron chi connectivity index (χ1n) is 7.34. The van der Waals surface area contributed by atoms with Crippen molar-refractivity contribution in [1.82, 2.24) is 10.2 Å². The molecule has 2 aromatic rings. The molecule has 5 heteroatoms. The van der Waals surface area contributed by atoms with Gasteiger partial charge in [0.05, 0.1) is 4.88 Å². The zero-order valence-corrected chi connectivity index (χ0v) is 13.2. The lowest BCUT2D eigenvalue weighted by Crippen LogP contribution is -2.32. The first kappa shape index (κ1) is 14.8. The summed E-state index contributed by atoms with van der Waals surface area (Å²) in [6, 6.07) is 11.6. The molecular weight excluding hydrogens is 296 g/mol. The summed E-state index contributed by atoms with van der Waals surface area (Å²) in [5.41, 5.74) is 1.68. The molecule has 1 aliphatic carbocycles. The van der Waals surface area contributed by atoms with Crippen molar-refractivity contribution in [2.24, 2.45) is 0 Å². The van der Waals surface area contributed by atoms with E-state index in [0.29, 0.717) is 18.2 Å². The molecule has 1 N–H and O–H groups in total. The number of hydrogen-bond donors (Lipinski definition) is 1. The van der Waals surface area contributed by atoms with Gasteiger partial charge in [-0.05, 0) is 42.0 Å². The van der Waals surface area contributed by atoms with E-state index in [9.17, 15) is 9.59 Å². The minimum absolute atomic E-state index is 0.0970. The fourth-order valence-corrected chi connectivity index (χ4v) is 3.08. The van der Waals surface area contributed by atoms with Gasteiger partial charge in [0.25, 0.3) is 11.8 Å². The van der Waals surface area contributed by atoms with Crippen LogP contribution in [0.25, 0.3) is 0 Å². The Hall–Kier alpha value is -2.14. The van der Waals surface area contributed by atoms with Crippen molar-refractivity contribution >= 4 is 23.2 Å². The van der Waals surface area contributed by atoms with Crippen molar-refractivity contribution in [3.63, 3.8) is 0 Å². The van der Waals surface area contributed by atoms with Gasteiger partial charge in [-0.3, -0.25) is 9.59 Å². The lowest BCUT2D eigenvalue weighted by atomic mass is 10.1. The molecule has 0 bridgehead atoms. The molecule has 4 nitrogen and oxygen atoms in total. The summed E-state index contributed by atoms with van der Waals surface area (Å²) < 4.78 is 0. The molecule has 3 rings (SSSR count). The number of benzene rings is 1. The van der Waals surface area contributed by atoms with Gasteiger partial charge in [0.2, 0.25) is 0 Å². The van der Waals surface area contributed by atoms with Crippen molar-refractivity contribution in [2.45, 2.75) is 25.4 Å². The first-order valence-corrected chi connectivity index (χ1v) is 8.22. The predicted octanol–water partition coefficient (Wildman–Crippen LogP) is 2.91. The zero-order valence-electron chi connectivity index (χ0n) is 12.4. The molecule has 1 aliphatic rings. The summed E-state index contributed by atoms with van der Waals surface area (Å²) in [4.78, 5) is 26.9. The second-order valence-corrected chi connectivity index (χ2v) is 6.37. The van der Waals surface area contributed by atoms with E-state index in [4.69, 9.17) is 0 Å². The van der Waals surface area contributed by atoms with Gasteiger partial charge in [-0.1, -0.05) is 18.2 Å². The monoisotopic (exact) mass is 314 g/mol. The Bertz CT molecular complexity index is 660. The predicted molar refractivity (Wildman–Crippen MR) is 87.0 cm³/mol. The maximum atomic E-state index is 12.6. The highest BCUT2D eigenvalue weighted by Gasteiger charge is 2.33. The molecule has 1 aromatic heterocycles. The van der Waals surface area contributed by atoms with E-state index in [0.717, 1.165) is 23.3 Å². The summed E-state index contributed by atoms with van der Waals surface area (Å²) in [5, 5.41) is 4.53. The average molecular weight is 314 g/mol. The van der Waals surface area contributed by atoms with Gasteiger partial charge in [0.1, 0.15) is 0 Å². The second kappa shape index (κ2) is 6.32. The van der Waals surface area contributed by atoms with Crippen molar-refractivity contribution in [1.29, 1.82) is 0 Å². The minimum atomic E-state index is -0.0970. The smallest absolute Gasteiger partial charge is 0.264 e. The highest BCUT2D eigenvalue weighted by atomic mass is 32.1. The Morgan fingerprint density at radius 3 is 2.50 bits per heavy atom. The highest BCUT2D eigenvalue weighted by Crippen LogP contribution is 2.30.